The molecule has 4 N–H and O–H groups in total. The zero-order valence-corrected chi connectivity index (χ0v) is 20.2. The number of alkyl halides is 3. The fraction of sp³-hybridized carbons (Fsp3) is 0.115. The third-order valence-corrected chi connectivity index (χ3v) is 5.15. The lowest BCUT2D eigenvalue weighted by molar-refractivity contribution is -0.141. The molecule has 0 spiro atoms. The number of benzene rings is 1. The Labute approximate surface area is 215 Å². The highest BCUT2D eigenvalue weighted by Crippen LogP contribution is 2.28. The average Bonchev–Trinajstić information content (AvgIpc) is 3.52. The number of carbonyl (C=O) groups is 1. The van der Waals surface area contributed by atoms with Crippen LogP contribution in [0.2, 0.25) is 0 Å². The molecule has 0 saturated carbocycles. The number of halogens is 3. The lowest BCUT2D eigenvalue weighted by Crippen LogP contribution is -2.15. The lowest BCUT2D eigenvalue weighted by atomic mass is 10.1. The second-order valence-corrected chi connectivity index (χ2v) is 8.04. The lowest BCUT2D eigenvalue weighted by Gasteiger charge is -2.09. The highest BCUT2D eigenvalue weighted by molar-refractivity contribution is 6.07. The van der Waals surface area contributed by atoms with Gasteiger partial charge in [0.15, 0.2) is 5.82 Å². The zero-order chi connectivity index (χ0) is 27.3. The Balaban J connectivity index is 1.54. The summed E-state index contributed by atoms with van der Waals surface area (Å²) in [7, 11) is 1.78. The molecule has 38 heavy (non-hydrogen) atoms. The van der Waals surface area contributed by atoms with Crippen LogP contribution in [0.1, 0.15) is 38.7 Å². The molecular formula is C26H21F3N8O. The summed E-state index contributed by atoms with van der Waals surface area (Å²) in [5.74, 6) is 5.75. The van der Waals surface area contributed by atoms with E-state index in [0.717, 1.165) is 11.8 Å². The maximum absolute atomic E-state index is 12.9. The van der Waals surface area contributed by atoms with E-state index in [4.69, 9.17) is 5.73 Å². The normalized spacial score (nSPS) is 11.9. The first-order chi connectivity index (χ1) is 18.1. The van der Waals surface area contributed by atoms with Gasteiger partial charge < -0.3 is 16.0 Å². The number of nitrogens with two attached hydrogens (primary N) is 1. The van der Waals surface area contributed by atoms with Gasteiger partial charge in [0.2, 0.25) is 0 Å². The highest BCUT2D eigenvalue weighted by atomic mass is 19.4. The van der Waals surface area contributed by atoms with E-state index < -0.39 is 17.8 Å². The minimum atomic E-state index is -4.65. The number of H-pyrrole nitrogens is 1. The van der Waals surface area contributed by atoms with Crippen LogP contribution in [0.3, 0.4) is 0 Å². The number of allylic oxidation sites excluding steroid dienone is 1. The van der Waals surface area contributed by atoms with Crippen LogP contribution < -0.4 is 11.1 Å². The van der Waals surface area contributed by atoms with Crippen LogP contribution in [-0.2, 0) is 13.2 Å². The Bertz CT molecular complexity index is 1600. The molecule has 4 aromatic rings. The van der Waals surface area contributed by atoms with Gasteiger partial charge in [0.05, 0.1) is 18.6 Å². The van der Waals surface area contributed by atoms with Crippen molar-refractivity contribution in [3.8, 4) is 11.8 Å². The monoisotopic (exact) mass is 518 g/mol. The highest BCUT2D eigenvalue weighted by Gasteiger charge is 2.33. The Morgan fingerprint density at radius 3 is 2.71 bits per heavy atom. The molecule has 0 aliphatic heterocycles. The molecule has 0 aliphatic carbocycles. The van der Waals surface area contributed by atoms with Crippen molar-refractivity contribution in [1.82, 2.24) is 24.7 Å². The van der Waals surface area contributed by atoms with E-state index in [-0.39, 0.29) is 5.56 Å². The summed E-state index contributed by atoms with van der Waals surface area (Å²) in [5.41, 5.74) is 7.69. The first-order valence-electron chi connectivity index (χ1n) is 11.1. The van der Waals surface area contributed by atoms with E-state index in [2.05, 4.69) is 42.2 Å². The van der Waals surface area contributed by atoms with Crippen LogP contribution >= 0.6 is 0 Å². The number of nitrogens with zero attached hydrogens (tertiary/aromatic N) is 5. The van der Waals surface area contributed by atoms with Gasteiger partial charge in [0.1, 0.15) is 22.8 Å². The minimum Gasteiger partial charge on any atom is -0.405 e. The van der Waals surface area contributed by atoms with E-state index in [1.165, 1.54) is 12.3 Å². The van der Waals surface area contributed by atoms with Crippen LogP contribution in [-0.4, -0.2) is 36.4 Å². The van der Waals surface area contributed by atoms with E-state index in [9.17, 15) is 18.0 Å². The number of amides is 1. The van der Waals surface area contributed by atoms with Crippen molar-refractivity contribution in [2.75, 3.05) is 5.32 Å². The fourth-order valence-corrected chi connectivity index (χ4v) is 3.28. The second-order valence-electron chi connectivity index (χ2n) is 8.04. The van der Waals surface area contributed by atoms with Gasteiger partial charge in [-0.15, -0.1) is 0 Å². The summed E-state index contributed by atoms with van der Waals surface area (Å²) < 4.78 is 40.4. The Kier molecular flexibility index (Phi) is 7.38. The van der Waals surface area contributed by atoms with Crippen molar-refractivity contribution in [3.63, 3.8) is 0 Å². The predicted molar refractivity (Wildman–Crippen MR) is 136 cm³/mol. The third-order valence-electron chi connectivity index (χ3n) is 5.15. The first kappa shape index (κ1) is 25.9. The molecule has 1 amide bonds. The molecule has 0 radical (unpaired) electrons. The number of nitrogens with one attached hydrogen (secondary N) is 2. The van der Waals surface area contributed by atoms with Crippen molar-refractivity contribution in [1.29, 1.82) is 0 Å². The molecule has 0 bridgehead atoms. The summed E-state index contributed by atoms with van der Waals surface area (Å²) in [6.07, 6.45) is 4.13. The maximum atomic E-state index is 12.9. The Morgan fingerprint density at radius 1 is 1.18 bits per heavy atom. The molecule has 0 fully saturated rings. The van der Waals surface area contributed by atoms with Gasteiger partial charge in [-0.25, -0.2) is 9.98 Å². The molecule has 3 aromatic heterocycles. The van der Waals surface area contributed by atoms with Gasteiger partial charge in [-0.3, -0.25) is 14.5 Å². The smallest absolute Gasteiger partial charge is 0.405 e. The number of aromatic nitrogens is 5. The quantitative estimate of drug-likeness (QED) is 0.271. The minimum absolute atomic E-state index is 0.166. The van der Waals surface area contributed by atoms with Crippen molar-refractivity contribution in [2.24, 2.45) is 17.8 Å². The van der Waals surface area contributed by atoms with Crippen LogP contribution in [0.5, 0.6) is 0 Å². The zero-order valence-electron chi connectivity index (χ0n) is 20.2. The Hall–Kier alpha value is -5.18. The van der Waals surface area contributed by atoms with Crippen LogP contribution in [0.4, 0.5) is 24.5 Å². The molecule has 192 valence electrons. The largest absolute Gasteiger partial charge is 0.433 e. The number of aliphatic imine (C=N–C) groups is 1. The molecule has 3 heterocycles. The fourth-order valence-electron chi connectivity index (χ4n) is 3.28. The van der Waals surface area contributed by atoms with Gasteiger partial charge in [-0.1, -0.05) is 12.0 Å². The standard InChI is InChI=1S/C26H21F3N8O/c1-16-3-5-19(36-25(38)18-8-10-31-23(12-18)26(27,28)29)11-17(16)4-6-20-13-32-24(35-20)22(7-9-30)34-21-14-33-37(2)15-21/h3,5,7-15H,30H2,1-2H3,(H,32,35)(H,36,38). The third kappa shape index (κ3) is 6.33. The topological polar surface area (TPSA) is 127 Å². The maximum Gasteiger partial charge on any atom is 0.433 e. The Morgan fingerprint density at radius 2 is 2.00 bits per heavy atom. The first-order valence-corrected chi connectivity index (χ1v) is 11.1. The number of carbonyl (C=O) groups excluding carboxylic acids is 1. The predicted octanol–water partition coefficient (Wildman–Crippen LogP) is 4.11. The number of rotatable bonds is 5. The van der Waals surface area contributed by atoms with E-state index in [1.54, 1.807) is 54.6 Å². The SMILES string of the molecule is Cc1ccc(NC(=O)c2ccnc(C(F)(F)F)c2)cc1C#Cc1cnc(C(C=CN)=Nc2cnn(C)c2)[nH]1. The van der Waals surface area contributed by atoms with Gasteiger partial charge in [-0.05, 0) is 54.9 Å². The van der Waals surface area contributed by atoms with Gasteiger partial charge in [-0.2, -0.15) is 18.3 Å². The number of hydrogen-bond acceptors (Lipinski definition) is 6. The molecular weight excluding hydrogens is 497 g/mol. The van der Waals surface area contributed by atoms with Gasteiger partial charge in [0.25, 0.3) is 5.91 Å². The molecule has 1 aromatic carbocycles. The molecule has 0 aliphatic rings. The number of imidazole rings is 1. The number of aryl methyl sites for hydroxylation is 2. The summed E-state index contributed by atoms with van der Waals surface area (Å²) in [5, 5.41) is 6.68. The molecule has 0 saturated heterocycles. The van der Waals surface area contributed by atoms with Gasteiger partial charge in [0, 0.05) is 30.1 Å². The number of anilines is 1. The van der Waals surface area contributed by atoms with E-state index in [1.807, 2.05) is 6.92 Å². The molecule has 9 nitrogen and oxygen atoms in total. The average molecular weight is 519 g/mol. The summed E-state index contributed by atoms with van der Waals surface area (Å²) >= 11 is 0. The molecule has 0 atom stereocenters. The second kappa shape index (κ2) is 10.8. The number of hydrogen-bond donors (Lipinski definition) is 3. The van der Waals surface area contributed by atoms with Crippen LogP contribution in [0.15, 0.2) is 72.4 Å². The van der Waals surface area contributed by atoms with Crippen molar-refractivity contribution >= 4 is 23.0 Å². The van der Waals surface area contributed by atoms with Crippen LogP contribution in [0, 0.1) is 18.8 Å². The molecule has 4 rings (SSSR count). The number of aromatic amines is 1. The number of pyridine rings is 1. The summed E-state index contributed by atoms with van der Waals surface area (Å²) in [6.45, 7) is 1.84. The van der Waals surface area contributed by atoms with E-state index >= 15 is 0 Å². The van der Waals surface area contributed by atoms with Gasteiger partial charge >= 0.3 is 6.18 Å². The molecule has 12 heteroatoms. The van der Waals surface area contributed by atoms with Crippen LogP contribution in [0.25, 0.3) is 0 Å². The van der Waals surface area contributed by atoms with Crippen molar-refractivity contribution in [3.05, 3.63) is 101 Å². The summed E-state index contributed by atoms with van der Waals surface area (Å²) in [4.78, 5) is 27.7. The van der Waals surface area contributed by atoms with E-state index in [0.29, 0.717) is 40.2 Å². The molecule has 0 unspecified atom stereocenters. The summed E-state index contributed by atoms with van der Waals surface area (Å²) in [6, 6.07) is 6.93. The van der Waals surface area contributed by atoms with Crippen molar-refractivity contribution < 1.29 is 18.0 Å². The van der Waals surface area contributed by atoms with Crippen molar-refractivity contribution in [2.45, 2.75) is 13.1 Å².